The summed E-state index contributed by atoms with van der Waals surface area (Å²) in [5.41, 5.74) is 0. The molecule has 0 aromatic rings. The van der Waals surface area contributed by atoms with Crippen molar-refractivity contribution in [2.45, 2.75) is 485 Å². The minimum Gasteiger partial charge on any atom is -0.463 e. The van der Waals surface area contributed by atoms with Gasteiger partial charge in [-0.25, -0.2) is 4.57 Å². The number of carbonyl (C=O) groups is 4. The lowest BCUT2D eigenvalue weighted by molar-refractivity contribution is -0.360. The lowest BCUT2D eigenvalue weighted by Crippen LogP contribution is -2.70. The monoisotopic (exact) mass is 1680 g/mol. The van der Waals surface area contributed by atoms with E-state index in [0.29, 0.717) is 44.9 Å². The summed E-state index contributed by atoms with van der Waals surface area (Å²) in [6.07, 6.45) is 30.0. The molecule has 10 N–H and O–H groups in total. The number of rotatable bonds is 74. The van der Waals surface area contributed by atoms with Gasteiger partial charge in [0.1, 0.15) is 92.6 Å². The summed E-state index contributed by atoms with van der Waals surface area (Å²) < 4.78 is 73.3. The van der Waals surface area contributed by atoms with Crippen LogP contribution in [0.3, 0.4) is 0 Å². The molecule has 116 heavy (non-hydrogen) atoms. The molecule has 2 aliphatic heterocycles. The van der Waals surface area contributed by atoms with Crippen LogP contribution < -0.4 is 0 Å². The van der Waals surface area contributed by atoms with E-state index in [1.165, 1.54) is 148 Å². The fraction of sp³-hybridized carbons (Fsp3) is 0.889. The van der Waals surface area contributed by atoms with E-state index in [2.05, 4.69) is 64.2 Å². The number of aliphatic hydroxyl groups is 9. The predicted molar refractivity (Wildman–Crippen MR) is 449 cm³/mol. The van der Waals surface area contributed by atoms with Crippen molar-refractivity contribution in [2.24, 2.45) is 0 Å². The van der Waals surface area contributed by atoms with Gasteiger partial charge in [0.2, 0.25) is 0 Å². The predicted octanol–water partition coefficient (Wildman–Crippen LogP) is 16.7. The van der Waals surface area contributed by atoms with Crippen molar-refractivity contribution in [3.63, 3.8) is 0 Å². The molecule has 3 fully saturated rings. The van der Waals surface area contributed by atoms with Gasteiger partial charge in [0.05, 0.1) is 13.2 Å². The minimum atomic E-state index is -5.81. The van der Waals surface area contributed by atoms with Gasteiger partial charge in [-0.1, -0.05) is 289 Å². The Kier molecular flexibility index (Phi) is 63.7. The molecule has 0 aromatic carbocycles. The molecule has 3 aliphatic rings. The first-order valence-corrected chi connectivity index (χ1v) is 47.7. The summed E-state index contributed by atoms with van der Waals surface area (Å²) in [5.74, 6) is -3.01. The Hall–Kier alpha value is -3.31. The van der Waals surface area contributed by atoms with Gasteiger partial charge in [0.25, 0.3) is 0 Å². The highest BCUT2D eigenvalue weighted by molar-refractivity contribution is 7.47. The lowest BCUT2D eigenvalue weighted by atomic mass is 9.84. The zero-order chi connectivity index (χ0) is 84.7. The third-order valence-electron chi connectivity index (χ3n) is 22.3. The summed E-state index contributed by atoms with van der Waals surface area (Å²) >= 11 is 0. The van der Waals surface area contributed by atoms with E-state index < -0.39 is 162 Å². The van der Waals surface area contributed by atoms with Gasteiger partial charge in [0.15, 0.2) is 24.8 Å². The SMILES string of the molecule is CCCCCC/C=C\CCCCCCCCCC(=O)OC(COC(=O)CCCCC/C=C\CCCCCCCC)COP(=O)(O)OC1C(OC2OC(CO)C(O)C(O)C2O)C(O)C(O)C(OC(=O)CCCCCCCCCCCCCCCCCC)C1OC1OC(COC(=O)CCCCC/C=C\CCCCCCCC)C(O)C(O)C1O. The molecule has 678 valence electrons. The fourth-order valence-electron chi connectivity index (χ4n) is 14.9. The Bertz CT molecular complexity index is 2560. The van der Waals surface area contributed by atoms with Crippen molar-refractivity contribution in [1.82, 2.24) is 0 Å². The van der Waals surface area contributed by atoms with Crippen LogP contribution in [-0.2, 0) is 70.7 Å². The summed E-state index contributed by atoms with van der Waals surface area (Å²) in [4.78, 5) is 66.4. The zero-order valence-electron chi connectivity index (χ0n) is 72.0. The van der Waals surface area contributed by atoms with Crippen molar-refractivity contribution >= 4 is 31.7 Å². The van der Waals surface area contributed by atoms with E-state index in [1.807, 2.05) is 0 Å². The van der Waals surface area contributed by atoms with Crippen LogP contribution in [0, 0.1) is 0 Å². The molecule has 1 aliphatic carbocycles. The molecular weight excluding hydrogens is 1510 g/mol. The standard InChI is InChI=1S/C90H163O25P/c1-5-9-13-17-21-25-29-33-35-37-41-45-49-53-57-61-65-76(95)112-85-81(100)82(101)86(113-89-83(102)79(98)77(96)71(66-91)110-89)88(87(85)114-90-84(103)80(99)78(97)72(111-90)69-107-74(93)63-59-55-51-47-43-39-32-28-24-20-16-12-8-4)115-116(104,105)108-68-70(67-106-73(92)62-58-54-50-46-42-38-31-27-23-19-15-11-7-3)109-75(94)64-60-56-52-48-44-40-36-34-30-26-22-18-14-10-6-2/h26,30,38-39,42-43,70-72,77-91,96-103H,5-25,27-29,31-37,40-41,44-69H2,1-4H3,(H,104,105)/b30-26-,42-38-,43-39-. The molecule has 2 heterocycles. The van der Waals surface area contributed by atoms with Crippen molar-refractivity contribution in [3.05, 3.63) is 36.5 Å². The number of phosphoric acid groups is 1. The third-order valence-corrected chi connectivity index (χ3v) is 23.3. The van der Waals surface area contributed by atoms with Crippen LogP contribution in [0.5, 0.6) is 0 Å². The topological polar surface area (TPSA) is 380 Å². The average Bonchev–Trinajstić information content (AvgIpc) is 0.755. The Labute approximate surface area is 697 Å². The van der Waals surface area contributed by atoms with E-state index in [-0.39, 0.29) is 25.7 Å². The molecule has 0 amide bonds. The Morgan fingerprint density at radius 2 is 0.647 bits per heavy atom. The van der Waals surface area contributed by atoms with Gasteiger partial charge >= 0.3 is 31.7 Å². The molecule has 1 saturated carbocycles. The zero-order valence-corrected chi connectivity index (χ0v) is 72.9. The first-order chi connectivity index (χ1) is 56.2. The van der Waals surface area contributed by atoms with Gasteiger partial charge in [-0.15, -0.1) is 0 Å². The van der Waals surface area contributed by atoms with Crippen LogP contribution in [-0.4, -0.2) is 205 Å². The molecular formula is C90H163O25P. The quantitative estimate of drug-likeness (QED) is 0.00889. The van der Waals surface area contributed by atoms with Crippen molar-refractivity contribution in [2.75, 3.05) is 26.4 Å². The highest BCUT2D eigenvalue weighted by Crippen LogP contribution is 2.49. The number of allylic oxidation sites excluding steroid dienone is 6. The first kappa shape index (κ1) is 107. The number of esters is 4. The maximum atomic E-state index is 14.9. The molecule has 25 nitrogen and oxygen atoms in total. The smallest absolute Gasteiger partial charge is 0.463 e. The molecule has 0 bridgehead atoms. The van der Waals surface area contributed by atoms with Crippen molar-refractivity contribution in [3.8, 4) is 0 Å². The van der Waals surface area contributed by atoms with Gasteiger partial charge < -0.3 is 88.7 Å². The first-order valence-electron chi connectivity index (χ1n) is 46.2. The Morgan fingerprint density at radius 3 is 1.04 bits per heavy atom. The van der Waals surface area contributed by atoms with Gasteiger partial charge in [-0.05, 0) is 103 Å². The van der Waals surface area contributed by atoms with E-state index in [1.54, 1.807) is 0 Å². The van der Waals surface area contributed by atoms with Crippen LogP contribution in [0.2, 0.25) is 0 Å². The summed E-state index contributed by atoms with van der Waals surface area (Å²) in [6.45, 7) is 5.53. The summed E-state index contributed by atoms with van der Waals surface area (Å²) in [6, 6.07) is 0. The molecule has 0 spiro atoms. The fourth-order valence-corrected chi connectivity index (χ4v) is 15.9. The summed E-state index contributed by atoms with van der Waals surface area (Å²) in [7, 11) is -5.81. The van der Waals surface area contributed by atoms with E-state index in [9.17, 15) is 74.6 Å². The number of unbranched alkanes of at least 4 members (excludes halogenated alkanes) is 44. The number of hydrogen-bond acceptors (Lipinski definition) is 24. The highest BCUT2D eigenvalue weighted by atomic mass is 31.2. The van der Waals surface area contributed by atoms with Gasteiger partial charge in [-0.3, -0.25) is 28.2 Å². The number of aliphatic hydroxyl groups excluding tert-OH is 9. The molecule has 0 aromatic heterocycles. The number of ether oxygens (including phenoxy) is 8. The Balaban J connectivity index is 1.93. The second-order valence-electron chi connectivity index (χ2n) is 32.8. The second-order valence-corrected chi connectivity index (χ2v) is 34.2. The van der Waals surface area contributed by atoms with Gasteiger partial charge in [-0.2, -0.15) is 0 Å². The minimum absolute atomic E-state index is 0.00722. The van der Waals surface area contributed by atoms with Crippen LogP contribution in [0.25, 0.3) is 0 Å². The van der Waals surface area contributed by atoms with E-state index >= 15 is 0 Å². The average molecular weight is 1680 g/mol. The normalized spacial score (nSPS) is 25.3. The third kappa shape index (κ3) is 49.1. The Morgan fingerprint density at radius 1 is 0.336 bits per heavy atom. The lowest BCUT2D eigenvalue weighted by Gasteiger charge is -2.50. The van der Waals surface area contributed by atoms with Gasteiger partial charge in [0, 0.05) is 25.7 Å². The van der Waals surface area contributed by atoms with Crippen molar-refractivity contribution < 1.29 is 122 Å². The molecule has 3 rings (SSSR count). The maximum Gasteiger partial charge on any atom is 0.472 e. The highest BCUT2D eigenvalue weighted by Gasteiger charge is 2.60. The molecule has 0 radical (unpaired) electrons. The maximum absolute atomic E-state index is 14.9. The van der Waals surface area contributed by atoms with E-state index in [0.717, 1.165) is 135 Å². The van der Waals surface area contributed by atoms with Crippen LogP contribution >= 0.6 is 7.82 Å². The molecule has 18 atom stereocenters. The number of phosphoric ester groups is 1. The largest absolute Gasteiger partial charge is 0.472 e. The molecule has 18 unspecified atom stereocenters. The van der Waals surface area contributed by atoms with Crippen LogP contribution in [0.15, 0.2) is 36.5 Å². The van der Waals surface area contributed by atoms with Crippen molar-refractivity contribution in [1.29, 1.82) is 0 Å². The van der Waals surface area contributed by atoms with Crippen LogP contribution in [0.4, 0.5) is 0 Å². The molecule has 26 heteroatoms. The number of hydrogen-bond donors (Lipinski definition) is 10. The molecule has 2 saturated heterocycles. The second kappa shape index (κ2) is 69.1. The van der Waals surface area contributed by atoms with E-state index in [4.69, 9.17) is 46.9 Å². The van der Waals surface area contributed by atoms with Crippen LogP contribution in [0.1, 0.15) is 381 Å². The number of carbonyl (C=O) groups excluding carboxylic acids is 4. The summed E-state index contributed by atoms with van der Waals surface area (Å²) in [5, 5.41) is 102.